The zero-order valence-electron chi connectivity index (χ0n) is 6.82. The molecule has 58 valence electrons. The summed E-state index contributed by atoms with van der Waals surface area (Å²) in [5, 5.41) is 0. The summed E-state index contributed by atoms with van der Waals surface area (Å²) in [4.78, 5) is 0. The molecule has 0 atom stereocenters. The summed E-state index contributed by atoms with van der Waals surface area (Å²) in [6, 6.07) is 0. The summed E-state index contributed by atoms with van der Waals surface area (Å²) in [5.41, 5.74) is 6.24. The predicted octanol–water partition coefficient (Wildman–Crippen LogP) is 0.752. The highest BCUT2D eigenvalue weighted by molar-refractivity contribution is 8.32. The average Bonchev–Trinajstić information content (AvgIpc) is 1.63. The summed E-state index contributed by atoms with van der Waals surface area (Å²) in [6.07, 6.45) is 6.87. The molecular weight excluding hydrogens is 132 g/mol. The van der Waals surface area contributed by atoms with E-state index < -0.39 is 0 Å². The van der Waals surface area contributed by atoms with E-state index in [0.29, 0.717) is 0 Å². The Balaban J connectivity index is 3.07. The molecule has 0 fully saturated rings. The Kier molecular flexibility index (Phi) is 4.27. The third-order valence-corrected chi connectivity index (χ3v) is 1.82. The molecule has 2 N–H and O–H groups in total. The highest BCUT2D eigenvalue weighted by atomic mass is 32.3. The second kappa shape index (κ2) is 4.14. The Hall–Kier alpha value is 0.270. The summed E-state index contributed by atoms with van der Waals surface area (Å²) in [7, 11) is -0.370. The molecule has 0 spiro atoms. The van der Waals surface area contributed by atoms with Crippen molar-refractivity contribution in [2.24, 2.45) is 0 Å². The lowest BCUT2D eigenvalue weighted by Crippen LogP contribution is -2.33. The van der Waals surface area contributed by atoms with Crippen LogP contribution in [0.3, 0.4) is 0 Å². The maximum Gasteiger partial charge on any atom is 0.0396 e. The number of hydrazine groups is 1. The first-order chi connectivity index (χ1) is 4.06. The quantitative estimate of drug-likeness (QED) is 0.456. The van der Waals surface area contributed by atoms with Crippen molar-refractivity contribution in [3.05, 3.63) is 0 Å². The second-order valence-electron chi connectivity index (χ2n) is 2.94. The van der Waals surface area contributed by atoms with Crippen LogP contribution in [-0.4, -0.2) is 31.2 Å². The van der Waals surface area contributed by atoms with Gasteiger partial charge in [-0.1, -0.05) is 6.92 Å². The molecule has 3 heteroatoms. The third kappa shape index (κ3) is 8.27. The van der Waals surface area contributed by atoms with E-state index in [2.05, 4.69) is 36.5 Å². The minimum Gasteiger partial charge on any atom is -0.257 e. The predicted molar refractivity (Wildman–Crippen MR) is 47.0 cm³/mol. The second-order valence-corrected chi connectivity index (χ2v) is 7.41. The van der Waals surface area contributed by atoms with Crippen LogP contribution < -0.4 is 10.9 Å². The Labute approximate surface area is 59.7 Å². The molecule has 9 heavy (non-hydrogen) atoms. The van der Waals surface area contributed by atoms with Gasteiger partial charge in [-0.05, 0) is 18.8 Å². The van der Waals surface area contributed by atoms with E-state index in [-0.39, 0.29) is 10.0 Å². The lowest BCUT2D eigenvalue weighted by atomic mass is 10.8. The molecule has 0 aliphatic heterocycles. The molecule has 0 saturated carbocycles. The van der Waals surface area contributed by atoms with Crippen molar-refractivity contribution in [3.63, 3.8) is 0 Å². The molecular formula is C6H18N2S. The first-order valence-corrected chi connectivity index (χ1v) is 6.20. The van der Waals surface area contributed by atoms with Crippen LogP contribution in [0.4, 0.5) is 0 Å². The van der Waals surface area contributed by atoms with Gasteiger partial charge in [0.1, 0.15) is 0 Å². The Morgan fingerprint density at radius 2 is 1.67 bits per heavy atom. The van der Waals surface area contributed by atoms with Crippen molar-refractivity contribution in [1.82, 2.24) is 10.9 Å². The van der Waals surface area contributed by atoms with Gasteiger partial charge >= 0.3 is 0 Å². The van der Waals surface area contributed by atoms with E-state index in [4.69, 9.17) is 0 Å². The Morgan fingerprint density at radius 1 is 1.11 bits per heavy atom. The number of hydrogen-bond donors (Lipinski definition) is 2. The van der Waals surface area contributed by atoms with E-state index in [9.17, 15) is 0 Å². The minimum atomic E-state index is -0.370. The molecule has 0 rings (SSSR count). The standard InChI is InChI=1S/C6H18N2S/c1-5-7-8-6-9(2,3)4/h7-8H,5-6H2,1-4H3. The van der Waals surface area contributed by atoms with Gasteiger partial charge in [-0.3, -0.25) is 5.43 Å². The topological polar surface area (TPSA) is 24.1 Å². The van der Waals surface area contributed by atoms with Gasteiger partial charge in [0.15, 0.2) is 0 Å². The van der Waals surface area contributed by atoms with Crippen LogP contribution in [0.25, 0.3) is 0 Å². The van der Waals surface area contributed by atoms with Crippen LogP contribution in [0.1, 0.15) is 6.92 Å². The molecule has 0 unspecified atom stereocenters. The fourth-order valence-corrected chi connectivity index (χ4v) is 0.928. The molecule has 0 aromatic heterocycles. The third-order valence-electron chi connectivity index (χ3n) is 0.807. The van der Waals surface area contributed by atoms with Crippen LogP contribution in [0, 0.1) is 0 Å². The van der Waals surface area contributed by atoms with Crippen molar-refractivity contribution in [2.75, 3.05) is 31.2 Å². The van der Waals surface area contributed by atoms with Crippen molar-refractivity contribution in [2.45, 2.75) is 6.92 Å². The van der Waals surface area contributed by atoms with E-state index in [1.807, 2.05) is 0 Å². The zero-order valence-corrected chi connectivity index (χ0v) is 7.64. The van der Waals surface area contributed by atoms with Gasteiger partial charge in [-0.25, -0.2) is 15.5 Å². The number of rotatable bonds is 4. The Morgan fingerprint density at radius 3 is 2.00 bits per heavy atom. The monoisotopic (exact) mass is 150 g/mol. The van der Waals surface area contributed by atoms with Crippen LogP contribution in [0.5, 0.6) is 0 Å². The van der Waals surface area contributed by atoms with Crippen LogP contribution in [0.2, 0.25) is 0 Å². The summed E-state index contributed by atoms with van der Waals surface area (Å²) in [5.74, 6) is 1.10. The highest BCUT2D eigenvalue weighted by Crippen LogP contribution is 2.31. The SMILES string of the molecule is CCNNCS(C)(C)C. The van der Waals surface area contributed by atoms with Crippen LogP contribution in [-0.2, 0) is 0 Å². The maximum atomic E-state index is 3.16. The van der Waals surface area contributed by atoms with Crippen LogP contribution in [0.15, 0.2) is 0 Å². The minimum absolute atomic E-state index is 0.370. The van der Waals surface area contributed by atoms with Gasteiger partial charge in [0.05, 0.1) is 0 Å². The maximum absolute atomic E-state index is 3.16. The zero-order chi connectivity index (χ0) is 7.33. The fraction of sp³-hybridized carbons (Fsp3) is 1.00. The normalized spacial score (nSPS) is 13.8. The molecule has 2 nitrogen and oxygen atoms in total. The van der Waals surface area contributed by atoms with Crippen LogP contribution >= 0.6 is 10.0 Å². The largest absolute Gasteiger partial charge is 0.257 e. The molecule has 0 aromatic rings. The van der Waals surface area contributed by atoms with Gasteiger partial charge < -0.3 is 0 Å². The first kappa shape index (κ1) is 9.27. The molecule has 0 saturated heterocycles. The molecule has 0 bridgehead atoms. The number of hydrogen-bond acceptors (Lipinski definition) is 2. The summed E-state index contributed by atoms with van der Waals surface area (Å²) >= 11 is 0. The molecule has 0 radical (unpaired) electrons. The van der Waals surface area contributed by atoms with Crippen molar-refractivity contribution in [1.29, 1.82) is 0 Å². The molecule has 0 aromatic carbocycles. The first-order valence-electron chi connectivity index (χ1n) is 3.18. The smallest absolute Gasteiger partial charge is 0.0396 e. The Bertz CT molecular complexity index is 67.9. The average molecular weight is 150 g/mol. The lowest BCUT2D eigenvalue weighted by Gasteiger charge is -2.25. The van der Waals surface area contributed by atoms with Crippen molar-refractivity contribution < 1.29 is 0 Å². The number of nitrogens with one attached hydrogen (secondary N) is 2. The van der Waals surface area contributed by atoms with Gasteiger partial charge in [0, 0.05) is 12.4 Å². The van der Waals surface area contributed by atoms with Gasteiger partial charge in [-0.15, -0.1) is 0 Å². The summed E-state index contributed by atoms with van der Waals surface area (Å²) < 4.78 is 0. The van der Waals surface area contributed by atoms with Crippen molar-refractivity contribution >= 4 is 10.0 Å². The van der Waals surface area contributed by atoms with E-state index in [0.717, 1.165) is 12.4 Å². The van der Waals surface area contributed by atoms with Gasteiger partial charge in [0.2, 0.25) is 0 Å². The fourth-order valence-electron chi connectivity index (χ4n) is 0.393. The van der Waals surface area contributed by atoms with E-state index in [1.165, 1.54) is 0 Å². The van der Waals surface area contributed by atoms with E-state index in [1.54, 1.807) is 0 Å². The molecule has 0 aliphatic carbocycles. The lowest BCUT2D eigenvalue weighted by molar-refractivity contribution is 0.609. The van der Waals surface area contributed by atoms with E-state index >= 15 is 0 Å². The van der Waals surface area contributed by atoms with Crippen molar-refractivity contribution in [3.8, 4) is 0 Å². The molecule has 0 aliphatic rings. The van der Waals surface area contributed by atoms with Gasteiger partial charge in [0.25, 0.3) is 0 Å². The van der Waals surface area contributed by atoms with Gasteiger partial charge in [-0.2, -0.15) is 0 Å². The molecule has 0 amide bonds. The highest BCUT2D eigenvalue weighted by Gasteiger charge is 2.00. The molecule has 0 heterocycles. The summed E-state index contributed by atoms with van der Waals surface area (Å²) in [6.45, 7) is 3.08.